The number of esters is 1. The van der Waals surface area contributed by atoms with E-state index in [0.717, 1.165) is 11.3 Å². The Kier molecular flexibility index (Phi) is 5.95. The highest BCUT2D eigenvalue weighted by atomic mass is 35.5. The van der Waals surface area contributed by atoms with Crippen LogP contribution in [0.15, 0.2) is 35.5 Å². The largest absolute Gasteiger partial charge is 0.462 e. The summed E-state index contributed by atoms with van der Waals surface area (Å²) in [6, 6.07) is 7.05. The standard InChI is InChI=1S/C15H15ClN2O4S/c1-3-21-13(19)12-9-18(11-8-6-5-7-10(11)16)14(23-12)17-15(20)22-4-2/h5-9H,3-4H2,1-2H3. The molecule has 122 valence electrons. The van der Waals surface area contributed by atoms with Crippen molar-refractivity contribution in [1.29, 1.82) is 0 Å². The van der Waals surface area contributed by atoms with Gasteiger partial charge in [-0.1, -0.05) is 35.1 Å². The molecule has 1 aromatic carbocycles. The van der Waals surface area contributed by atoms with Crippen molar-refractivity contribution in [2.24, 2.45) is 4.99 Å². The molecule has 0 saturated carbocycles. The minimum Gasteiger partial charge on any atom is -0.462 e. The van der Waals surface area contributed by atoms with E-state index in [2.05, 4.69) is 4.99 Å². The van der Waals surface area contributed by atoms with Crippen molar-refractivity contribution < 1.29 is 19.1 Å². The third kappa shape index (κ3) is 4.20. The van der Waals surface area contributed by atoms with Gasteiger partial charge in [0.05, 0.1) is 23.9 Å². The van der Waals surface area contributed by atoms with Gasteiger partial charge in [-0.3, -0.25) is 4.57 Å². The predicted octanol–water partition coefficient (Wildman–Crippen LogP) is 3.43. The van der Waals surface area contributed by atoms with Gasteiger partial charge in [0, 0.05) is 6.20 Å². The number of carbonyl (C=O) groups excluding carboxylic acids is 2. The lowest BCUT2D eigenvalue weighted by Gasteiger charge is -2.04. The van der Waals surface area contributed by atoms with E-state index < -0.39 is 12.1 Å². The number of rotatable bonds is 4. The summed E-state index contributed by atoms with van der Waals surface area (Å²) in [6.07, 6.45) is 0.813. The number of ether oxygens (including phenoxy) is 2. The zero-order valence-electron chi connectivity index (χ0n) is 12.6. The van der Waals surface area contributed by atoms with E-state index in [0.29, 0.717) is 15.6 Å². The van der Waals surface area contributed by atoms with Crippen molar-refractivity contribution in [1.82, 2.24) is 4.57 Å². The van der Waals surface area contributed by atoms with Crippen molar-refractivity contribution in [2.75, 3.05) is 13.2 Å². The van der Waals surface area contributed by atoms with Crippen LogP contribution in [0.1, 0.15) is 23.5 Å². The summed E-state index contributed by atoms with van der Waals surface area (Å²) in [4.78, 5) is 28.0. The number of hydrogen-bond acceptors (Lipinski definition) is 5. The summed E-state index contributed by atoms with van der Waals surface area (Å²) >= 11 is 7.22. The van der Waals surface area contributed by atoms with E-state index >= 15 is 0 Å². The monoisotopic (exact) mass is 354 g/mol. The maximum absolute atomic E-state index is 11.9. The van der Waals surface area contributed by atoms with Crippen molar-refractivity contribution >= 4 is 35.0 Å². The van der Waals surface area contributed by atoms with Crippen LogP contribution in [0.4, 0.5) is 4.79 Å². The molecular formula is C15H15ClN2O4S. The lowest BCUT2D eigenvalue weighted by Crippen LogP contribution is -2.15. The minimum absolute atomic E-state index is 0.213. The van der Waals surface area contributed by atoms with Crippen molar-refractivity contribution in [2.45, 2.75) is 13.8 Å². The summed E-state index contributed by atoms with van der Waals surface area (Å²) in [5.74, 6) is -0.483. The highest BCUT2D eigenvalue weighted by Gasteiger charge is 2.15. The Morgan fingerprint density at radius 2 is 1.91 bits per heavy atom. The van der Waals surface area contributed by atoms with Gasteiger partial charge in [-0.25, -0.2) is 9.59 Å². The van der Waals surface area contributed by atoms with E-state index in [9.17, 15) is 9.59 Å². The molecule has 0 aliphatic carbocycles. The number of para-hydroxylation sites is 1. The molecule has 0 unspecified atom stereocenters. The molecule has 0 radical (unpaired) electrons. The molecule has 1 aromatic heterocycles. The highest BCUT2D eigenvalue weighted by Crippen LogP contribution is 2.20. The molecule has 0 atom stereocenters. The van der Waals surface area contributed by atoms with Crippen LogP contribution in [-0.2, 0) is 9.47 Å². The molecule has 8 heteroatoms. The van der Waals surface area contributed by atoms with Gasteiger partial charge in [-0.05, 0) is 26.0 Å². The third-order valence-corrected chi connectivity index (χ3v) is 3.98. The molecule has 0 fully saturated rings. The van der Waals surface area contributed by atoms with E-state index in [-0.39, 0.29) is 18.0 Å². The number of carbonyl (C=O) groups is 2. The summed E-state index contributed by atoms with van der Waals surface area (Å²) in [7, 11) is 0. The molecular weight excluding hydrogens is 340 g/mol. The second-order valence-corrected chi connectivity index (χ2v) is 5.65. The van der Waals surface area contributed by atoms with Gasteiger partial charge in [0.15, 0.2) is 0 Å². The van der Waals surface area contributed by atoms with Gasteiger partial charge in [0.2, 0.25) is 4.80 Å². The van der Waals surface area contributed by atoms with Crippen molar-refractivity contribution in [3.05, 3.63) is 45.2 Å². The van der Waals surface area contributed by atoms with E-state index in [1.165, 1.54) is 0 Å². The summed E-state index contributed by atoms with van der Waals surface area (Å²) < 4.78 is 11.4. The smallest absolute Gasteiger partial charge is 0.436 e. The van der Waals surface area contributed by atoms with E-state index in [4.69, 9.17) is 21.1 Å². The molecule has 6 nitrogen and oxygen atoms in total. The van der Waals surface area contributed by atoms with Gasteiger partial charge in [-0.15, -0.1) is 4.99 Å². The van der Waals surface area contributed by atoms with Gasteiger partial charge < -0.3 is 9.47 Å². The first-order valence-corrected chi connectivity index (χ1v) is 8.12. The van der Waals surface area contributed by atoms with E-state index in [1.807, 2.05) is 0 Å². The number of halogens is 1. The molecule has 0 aliphatic heterocycles. The number of nitrogens with zero attached hydrogens (tertiary/aromatic N) is 2. The number of aromatic nitrogens is 1. The molecule has 0 bridgehead atoms. The van der Waals surface area contributed by atoms with Crippen molar-refractivity contribution in [3.63, 3.8) is 0 Å². The molecule has 0 aliphatic rings. The van der Waals surface area contributed by atoms with Crippen LogP contribution in [0, 0.1) is 0 Å². The zero-order chi connectivity index (χ0) is 16.8. The molecule has 23 heavy (non-hydrogen) atoms. The Hall–Kier alpha value is -2.12. The lowest BCUT2D eigenvalue weighted by atomic mass is 10.3. The van der Waals surface area contributed by atoms with Crippen LogP contribution in [0.3, 0.4) is 0 Å². The number of thiazole rings is 1. The van der Waals surface area contributed by atoms with Crippen molar-refractivity contribution in [3.8, 4) is 5.69 Å². The van der Waals surface area contributed by atoms with Crippen LogP contribution in [0.5, 0.6) is 0 Å². The molecule has 1 heterocycles. The Bertz CT molecular complexity index is 782. The maximum atomic E-state index is 11.9. The second-order valence-electron chi connectivity index (χ2n) is 4.23. The fourth-order valence-electron chi connectivity index (χ4n) is 1.77. The van der Waals surface area contributed by atoms with Crippen LogP contribution in [-0.4, -0.2) is 29.8 Å². The van der Waals surface area contributed by atoms with Gasteiger partial charge >= 0.3 is 12.1 Å². The first kappa shape index (κ1) is 17.2. The lowest BCUT2D eigenvalue weighted by molar-refractivity contribution is 0.0531. The third-order valence-electron chi connectivity index (χ3n) is 2.70. The average Bonchev–Trinajstić information content (AvgIpc) is 2.92. The molecule has 0 N–H and O–H groups in total. The number of benzene rings is 1. The Labute approximate surface area is 141 Å². The Morgan fingerprint density at radius 3 is 2.57 bits per heavy atom. The number of amides is 1. The van der Waals surface area contributed by atoms with Gasteiger partial charge in [0.1, 0.15) is 4.88 Å². The van der Waals surface area contributed by atoms with Crippen LogP contribution >= 0.6 is 22.9 Å². The topological polar surface area (TPSA) is 69.9 Å². The average molecular weight is 355 g/mol. The molecule has 2 rings (SSSR count). The highest BCUT2D eigenvalue weighted by molar-refractivity contribution is 7.11. The van der Waals surface area contributed by atoms with Gasteiger partial charge in [0.25, 0.3) is 0 Å². The zero-order valence-corrected chi connectivity index (χ0v) is 14.2. The summed E-state index contributed by atoms with van der Waals surface area (Å²) in [6.45, 7) is 3.88. The summed E-state index contributed by atoms with van der Waals surface area (Å²) in [5.41, 5.74) is 0.601. The first-order valence-electron chi connectivity index (χ1n) is 6.92. The minimum atomic E-state index is -0.731. The molecule has 1 amide bonds. The fourth-order valence-corrected chi connectivity index (χ4v) is 2.87. The summed E-state index contributed by atoms with van der Waals surface area (Å²) in [5, 5.41) is 0.464. The maximum Gasteiger partial charge on any atom is 0.436 e. The quantitative estimate of drug-likeness (QED) is 0.789. The Morgan fingerprint density at radius 1 is 1.22 bits per heavy atom. The van der Waals surface area contributed by atoms with E-state index in [1.54, 1.807) is 48.9 Å². The molecule has 0 spiro atoms. The van der Waals surface area contributed by atoms with Crippen LogP contribution < -0.4 is 4.80 Å². The second kappa shape index (κ2) is 7.94. The Balaban J connectivity index is 2.57. The normalized spacial score (nSPS) is 11.3. The molecule has 2 aromatic rings. The molecule has 0 saturated heterocycles. The SMILES string of the molecule is CCOC(=O)N=c1sc(C(=O)OCC)cn1-c1ccccc1Cl. The predicted molar refractivity (Wildman–Crippen MR) is 87.2 cm³/mol. The number of hydrogen-bond donors (Lipinski definition) is 0. The fraction of sp³-hybridized carbons (Fsp3) is 0.267. The van der Waals surface area contributed by atoms with Crippen LogP contribution in [0.25, 0.3) is 5.69 Å². The van der Waals surface area contributed by atoms with Crippen LogP contribution in [0.2, 0.25) is 5.02 Å². The van der Waals surface area contributed by atoms with Gasteiger partial charge in [-0.2, -0.15) is 0 Å². The first-order chi connectivity index (χ1) is 11.1.